The summed E-state index contributed by atoms with van der Waals surface area (Å²) in [5.41, 5.74) is -0.131. The van der Waals surface area contributed by atoms with Crippen LogP contribution in [-0.4, -0.2) is 19.6 Å². The second-order valence-corrected chi connectivity index (χ2v) is 3.36. The quantitative estimate of drug-likeness (QED) is 0.790. The van der Waals surface area contributed by atoms with Crippen LogP contribution in [-0.2, 0) is 6.18 Å². The third-order valence-electron chi connectivity index (χ3n) is 2.07. The molecule has 2 N–H and O–H groups in total. The molecule has 104 valence electrons. The minimum atomic E-state index is -4.28. The van der Waals surface area contributed by atoms with Crippen molar-refractivity contribution in [1.29, 1.82) is 0 Å². The highest BCUT2D eigenvalue weighted by Gasteiger charge is 2.30. The van der Waals surface area contributed by atoms with Crippen LogP contribution < -0.4 is 10.6 Å². The van der Waals surface area contributed by atoms with E-state index in [9.17, 15) is 13.2 Å². The van der Waals surface area contributed by atoms with Crippen molar-refractivity contribution in [3.63, 3.8) is 0 Å². The maximum absolute atomic E-state index is 12.4. The van der Waals surface area contributed by atoms with Crippen LogP contribution in [0.2, 0.25) is 0 Å². The number of halogens is 3. The zero-order valence-corrected chi connectivity index (χ0v) is 11.1. The van der Waals surface area contributed by atoms with Crippen molar-refractivity contribution >= 4 is 5.69 Å². The van der Waals surface area contributed by atoms with Crippen molar-refractivity contribution in [2.45, 2.75) is 26.9 Å². The number of benzene rings is 1. The zero-order chi connectivity index (χ0) is 14.0. The Kier molecular flexibility index (Phi) is 8.20. The Bertz CT molecular complexity index is 324. The number of nitrogens with one attached hydrogen (secondary N) is 2. The van der Waals surface area contributed by atoms with Gasteiger partial charge in [-0.2, -0.15) is 13.2 Å². The summed E-state index contributed by atoms with van der Waals surface area (Å²) in [5, 5.41) is 6.01. The molecule has 0 aromatic heterocycles. The van der Waals surface area contributed by atoms with Gasteiger partial charge in [0.1, 0.15) is 0 Å². The lowest BCUT2D eigenvalue weighted by Crippen LogP contribution is -2.21. The summed E-state index contributed by atoms with van der Waals surface area (Å²) in [6.45, 7) is 8.16. The fraction of sp³-hybridized carbons (Fsp3) is 0.538. The van der Waals surface area contributed by atoms with Crippen molar-refractivity contribution in [2.24, 2.45) is 0 Å². The molecule has 0 bridgehead atoms. The van der Waals surface area contributed by atoms with Gasteiger partial charge < -0.3 is 10.6 Å². The summed E-state index contributed by atoms with van der Waals surface area (Å²) in [6, 6.07) is 5.21. The molecular formula is C13H21F3N2. The summed E-state index contributed by atoms with van der Waals surface area (Å²) in [5.74, 6) is 0. The van der Waals surface area contributed by atoms with E-state index >= 15 is 0 Å². The lowest BCUT2D eigenvalue weighted by Gasteiger charge is -2.10. The Morgan fingerprint density at radius 3 is 2.33 bits per heavy atom. The van der Waals surface area contributed by atoms with Crippen molar-refractivity contribution in [3.05, 3.63) is 29.8 Å². The van der Waals surface area contributed by atoms with Gasteiger partial charge in [0, 0.05) is 18.8 Å². The predicted molar refractivity (Wildman–Crippen MR) is 69.8 cm³/mol. The van der Waals surface area contributed by atoms with E-state index < -0.39 is 11.7 Å². The summed E-state index contributed by atoms with van der Waals surface area (Å²) in [6.07, 6.45) is -4.28. The lowest BCUT2D eigenvalue weighted by atomic mass is 10.2. The van der Waals surface area contributed by atoms with Gasteiger partial charge >= 0.3 is 6.18 Å². The molecule has 0 aliphatic heterocycles. The van der Waals surface area contributed by atoms with Gasteiger partial charge in [-0.1, -0.05) is 26.8 Å². The minimum Gasteiger partial charge on any atom is -0.384 e. The largest absolute Gasteiger partial charge is 0.416 e. The van der Waals surface area contributed by atoms with Crippen LogP contribution in [0.1, 0.15) is 26.3 Å². The van der Waals surface area contributed by atoms with Crippen molar-refractivity contribution in [1.82, 2.24) is 5.32 Å². The van der Waals surface area contributed by atoms with Gasteiger partial charge in [0.25, 0.3) is 0 Å². The first kappa shape index (κ1) is 16.8. The first-order chi connectivity index (χ1) is 8.54. The molecule has 1 rings (SSSR count). The number of likely N-dealkylation sites (N-methyl/N-ethyl adjacent to an activating group) is 1. The van der Waals surface area contributed by atoms with Gasteiger partial charge in [0.05, 0.1) is 5.56 Å². The number of alkyl halides is 3. The average Bonchev–Trinajstić information content (AvgIpc) is 2.37. The first-order valence-corrected chi connectivity index (χ1v) is 6.16. The fourth-order valence-electron chi connectivity index (χ4n) is 1.28. The van der Waals surface area contributed by atoms with Crippen LogP contribution in [0.5, 0.6) is 0 Å². The normalized spacial score (nSPS) is 10.6. The van der Waals surface area contributed by atoms with Gasteiger partial charge in [-0.25, -0.2) is 0 Å². The summed E-state index contributed by atoms with van der Waals surface area (Å²) >= 11 is 0. The molecule has 0 saturated carbocycles. The molecular weight excluding hydrogens is 241 g/mol. The summed E-state index contributed by atoms with van der Waals surface area (Å²) in [4.78, 5) is 0. The predicted octanol–water partition coefficient (Wildman–Crippen LogP) is 3.75. The Morgan fingerprint density at radius 2 is 1.78 bits per heavy atom. The molecule has 0 radical (unpaired) electrons. The monoisotopic (exact) mass is 262 g/mol. The van der Waals surface area contributed by atoms with Crippen LogP contribution in [0.3, 0.4) is 0 Å². The van der Waals surface area contributed by atoms with E-state index in [0.29, 0.717) is 12.2 Å². The van der Waals surface area contributed by atoms with Crippen LogP contribution in [0.25, 0.3) is 0 Å². The highest BCUT2D eigenvalue weighted by molar-refractivity contribution is 5.46. The van der Waals surface area contributed by atoms with Gasteiger partial charge in [0.2, 0.25) is 0 Å². The molecule has 2 nitrogen and oxygen atoms in total. The Labute approximate surface area is 107 Å². The molecule has 0 amide bonds. The molecule has 1 aromatic carbocycles. The topological polar surface area (TPSA) is 24.1 Å². The highest BCUT2D eigenvalue weighted by atomic mass is 19.4. The van der Waals surface area contributed by atoms with E-state index in [1.54, 1.807) is 6.07 Å². The van der Waals surface area contributed by atoms with E-state index in [2.05, 4.69) is 10.6 Å². The zero-order valence-electron chi connectivity index (χ0n) is 11.1. The van der Waals surface area contributed by atoms with Gasteiger partial charge in [-0.05, 0) is 24.7 Å². The van der Waals surface area contributed by atoms with E-state index in [1.807, 2.05) is 20.8 Å². The third-order valence-corrected chi connectivity index (χ3v) is 2.07. The molecule has 0 fully saturated rings. The smallest absolute Gasteiger partial charge is 0.384 e. The van der Waals surface area contributed by atoms with Gasteiger partial charge in [-0.3, -0.25) is 0 Å². The molecule has 0 aliphatic rings. The lowest BCUT2D eigenvalue weighted by molar-refractivity contribution is -0.137. The fourth-order valence-corrected chi connectivity index (χ4v) is 1.28. The van der Waals surface area contributed by atoms with E-state index in [-0.39, 0.29) is 0 Å². The van der Waals surface area contributed by atoms with Crippen molar-refractivity contribution in [3.8, 4) is 0 Å². The number of hydrogen-bond donors (Lipinski definition) is 2. The summed E-state index contributed by atoms with van der Waals surface area (Å²) in [7, 11) is 0. The molecule has 5 heteroatoms. The Morgan fingerprint density at radius 1 is 1.11 bits per heavy atom. The SMILES string of the molecule is CC.CCNCCNc1cccc(C(F)(F)F)c1. The van der Waals surface area contributed by atoms with Gasteiger partial charge in [-0.15, -0.1) is 0 Å². The van der Waals surface area contributed by atoms with Crippen LogP contribution >= 0.6 is 0 Å². The van der Waals surface area contributed by atoms with Gasteiger partial charge in [0.15, 0.2) is 0 Å². The molecule has 0 heterocycles. The highest BCUT2D eigenvalue weighted by Crippen LogP contribution is 2.30. The molecule has 1 aromatic rings. The van der Waals surface area contributed by atoms with E-state index in [4.69, 9.17) is 0 Å². The van der Waals surface area contributed by atoms with Crippen molar-refractivity contribution < 1.29 is 13.2 Å². The molecule has 0 saturated heterocycles. The summed E-state index contributed by atoms with van der Waals surface area (Å²) < 4.78 is 37.1. The van der Waals surface area contributed by atoms with Crippen LogP contribution in [0.15, 0.2) is 24.3 Å². The van der Waals surface area contributed by atoms with E-state index in [1.165, 1.54) is 6.07 Å². The number of rotatable bonds is 5. The maximum Gasteiger partial charge on any atom is 0.416 e. The number of hydrogen-bond acceptors (Lipinski definition) is 2. The van der Waals surface area contributed by atoms with Crippen LogP contribution in [0, 0.1) is 0 Å². The second kappa shape index (κ2) is 8.80. The maximum atomic E-state index is 12.4. The molecule has 18 heavy (non-hydrogen) atoms. The van der Waals surface area contributed by atoms with Crippen molar-refractivity contribution in [2.75, 3.05) is 25.0 Å². The second-order valence-electron chi connectivity index (χ2n) is 3.36. The Hall–Kier alpha value is -1.23. The first-order valence-electron chi connectivity index (χ1n) is 6.16. The number of anilines is 1. The van der Waals surface area contributed by atoms with E-state index in [0.717, 1.165) is 25.2 Å². The standard InChI is InChI=1S/C11H15F3N2.C2H6/c1-2-15-6-7-16-10-5-3-4-9(8-10)11(12,13)14;1-2/h3-5,8,15-16H,2,6-7H2,1H3;1-2H3. The van der Waals surface area contributed by atoms with Crippen LogP contribution in [0.4, 0.5) is 18.9 Å². The average molecular weight is 262 g/mol. The Balaban J connectivity index is 0.00000137. The molecule has 0 spiro atoms. The molecule has 0 aliphatic carbocycles. The minimum absolute atomic E-state index is 0.493. The molecule has 0 unspecified atom stereocenters. The molecule has 0 atom stereocenters. The third kappa shape index (κ3) is 6.49.